The summed E-state index contributed by atoms with van der Waals surface area (Å²) >= 11 is 0. The first-order chi connectivity index (χ1) is 20.5. The van der Waals surface area contributed by atoms with Gasteiger partial charge in [-0.05, 0) is 78.6 Å². The molecule has 0 bridgehead atoms. The quantitative estimate of drug-likeness (QED) is 0.202. The van der Waals surface area contributed by atoms with Crippen molar-refractivity contribution in [3.8, 4) is 28.4 Å². The van der Waals surface area contributed by atoms with Crippen molar-refractivity contribution in [2.75, 3.05) is 18.6 Å². The van der Waals surface area contributed by atoms with Crippen molar-refractivity contribution in [2.24, 2.45) is 0 Å². The van der Waals surface area contributed by atoms with Crippen LogP contribution in [0.4, 0.5) is 11.4 Å². The highest BCUT2D eigenvalue weighted by Gasteiger charge is 2.17. The summed E-state index contributed by atoms with van der Waals surface area (Å²) < 4.78 is 8.63. The van der Waals surface area contributed by atoms with Crippen molar-refractivity contribution in [3.63, 3.8) is 0 Å². The van der Waals surface area contributed by atoms with Gasteiger partial charge in [-0.2, -0.15) is 0 Å². The number of benzene rings is 4. The monoisotopic (exact) mass is 547 g/mol. The van der Waals surface area contributed by atoms with Crippen molar-refractivity contribution in [3.05, 3.63) is 132 Å². The average molecular weight is 548 g/mol. The molecule has 0 aliphatic carbocycles. The summed E-state index contributed by atoms with van der Waals surface area (Å²) in [6.07, 6.45) is 5.91. The molecule has 6 heteroatoms. The molecule has 0 fully saturated rings. The van der Waals surface area contributed by atoms with E-state index in [9.17, 15) is 0 Å². The van der Waals surface area contributed by atoms with Crippen molar-refractivity contribution in [1.82, 2.24) is 14.5 Å². The van der Waals surface area contributed by atoms with Crippen molar-refractivity contribution in [2.45, 2.75) is 13.8 Å². The van der Waals surface area contributed by atoms with Gasteiger partial charge < -0.3 is 14.5 Å². The molecule has 0 spiro atoms. The zero-order chi connectivity index (χ0) is 28.8. The Bertz CT molecular complexity index is 2050. The minimum atomic E-state index is 0.535. The van der Waals surface area contributed by atoms with Crippen LogP contribution in [-0.4, -0.2) is 28.2 Å². The van der Waals surface area contributed by atoms with E-state index in [0.29, 0.717) is 17.2 Å². The van der Waals surface area contributed by atoms with E-state index < -0.39 is 0 Å². The molecule has 0 amide bonds. The fourth-order valence-electron chi connectivity index (χ4n) is 5.92. The summed E-state index contributed by atoms with van der Waals surface area (Å²) in [5, 5.41) is 2.28. The number of rotatable bonds is 5. The molecule has 1 aliphatic heterocycles. The Labute approximate surface area is 245 Å². The molecule has 0 radical (unpaired) electrons. The van der Waals surface area contributed by atoms with Crippen LogP contribution >= 0.6 is 0 Å². The lowest BCUT2D eigenvalue weighted by Gasteiger charge is -2.19. The van der Waals surface area contributed by atoms with E-state index in [-0.39, 0.29) is 0 Å². The van der Waals surface area contributed by atoms with Crippen molar-refractivity contribution >= 4 is 33.2 Å². The second-order valence-corrected chi connectivity index (χ2v) is 10.8. The Hall–Kier alpha value is -5.54. The van der Waals surface area contributed by atoms with Gasteiger partial charge in [0.25, 0.3) is 0 Å². The lowest BCUT2D eigenvalue weighted by atomic mass is 9.96. The van der Waals surface area contributed by atoms with Gasteiger partial charge in [0.05, 0.1) is 24.3 Å². The van der Waals surface area contributed by atoms with E-state index in [4.69, 9.17) is 16.3 Å². The molecular weight excluding hydrogens is 518 g/mol. The Morgan fingerprint density at radius 1 is 0.786 bits per heavy atom. The molecule has 1 aliphatic rings. The van der Waals surface area contributed by atoms with Gasteiger partial charge in [0.15, 0.2) is 5.69 Å². The van der Waals surface area contributed by atoms with Crippen molar-refractivity contribution < 1.29 is 4.74 Å². The third kappa shape index (κ3) is 4.42. The number of anilines is 1. The summed E-state index contributed by atoms with van der Waals surface area (Å²) in [4.78, 5) is 12.7. The van der Waals surface area contributed by atoms with E-state index in [0.717, 1.165) is 45.5 Å². The van der Waals surface area contributed by atoms with Crippen LogP contribution in [0.1, 0.15) is 11.1 Å². The van der Waals surface area contributed by atoms with Crippen LogP contribution in [0, 0.1) is 20.4 Å². The van der Waals surface area contributed by atoms with E-state index in [2.05, 4.69) is 99.8 Å². The molecule has 2 aromatic heterocycles. The number of nitrogens with zero attached hydrogens (tertiary/aromatic N) is 5. The lowest BCUT2D eigenvalue weighted by molar-refractivity contribution is 0.481. The molecule has 0 saturated carbocycles. The van der Waals surface area contributed by atoms with Gasteiger partial charge in [0.2, 0.25) is 0 Å². The minimum Gasteiger partial charge on any atom is -0.459 e. The molecule has 4 aromatic carbocycles. The molecular formula is C36H29N5O. The SMILES string of the molecule is [C-]#[N+]c1cc(Oc2ccc3c4ccccc4n(-c4cc(-c5c(C)cccc5C)ccn4)c3c2)cc(N2C=CN(C)C2)c1. The topological polar surface area (TPSA) is 37.9 Å². The number of fused-ring (bicyclic) bond motifs is 3. The molecule has 42 heavy (non-hydrogen) atoms. The fourth-order valence-corrected chi connectivity index (χ4v) is 5.92. The van der Waals surface area contributed by atoms with Gasteiger partial charge in [0, 0.05) is 54.2 Å². The summed E-state index contributed by atoms with van der Waals surface area (Å²) in [6.45, 7) is 12.7. The first kappa shape index (κ1) is 25.4. The summed E-state index contributed by atoms with van der Waals surface area (Å²) in [5.74, 6) is 2.17. The Morgan fingerprint density at radius 2 is 1.60 bits per heavy atom. The smallest absolute Gasteiger partial charge is 0.192 e. The van der Waals surface area contributed by atoms with E-state index >= 15 is 0 Å². The highest BCUT2D eigenvalue weighted by molar-refractivity contribution is 6.09. The Morgan fingerprint density at radius 3 is 2.38 bits per heavy atom. The number of para-hydroxylation sites is 1. The van der Waals surface area contributed by atoms with Gasteiger partial charge in [0.1, 0.15) is 17.3 Å². The molecule has 6 aromatic rings. The van der Waals surface area contributed by atoms with Crippen LogP contribution < -0.4 is 9.64 Å². The zero-order valence-electron chi connectivity index (χ0n) is 23.7. The van der Waals surface area contributed by atoms with Crippen LogP contribution in [-0.2, 0) is 0 Å². The zero-order valence-corrected chi connectivity index (χ0v) is 23.7. The molecule has 0 unspecified atom stereocenters. The van der Waals surface area contributed by atoms with E-state index in [1.54, 1.807) is 6.07 Å². The van der Waals surface area contributed by atoms with Gasteiger partial charge in [-0.3, -0.25) is 4.57 Å². The molecule has 0 N–H and O–H groups in total. The maximum atomic E-state index is 7.64. The van der Waals surface area contributed by atoms with Crippen molar-refractivity contribution in [1.29, 1.82) is 0 Å². The standard InChI is InChI=1S/C36H29N5O/c1-24-8-7-9-25(2)36(24)26-14-15-38-35(18-26)41-33-11-6-5-10-31(33)32-13-12-29(22-34(32)41)42-30-20-27(37-3)19-28(21-30)40-17-16-39(4)23-40/h5-22H,23H2,1-2,4H3. The molecule has 7 rings (SSSR count). The fraction of sp³-hybridized carbons (Fsp3) is 0.111. The molecule has 3 heterocycles. The van der Waals surface area contributed by atoms with E-state index in [1.165, 1.54) is 16.7 Å². The molecule has 6 nitrogen and oxygen atoms in total. The Balaban J connectivity index is 1.35. The van der Waals surface area contributed by atoms with Crippen LogP contribution in [0.5, 0.6) is 11.5 Å². The van der Waals surface area contributed by atoms with Gasteiger partial charge in [-0.1, -0.05) is 36.4 Å². The van der Waals surface area contributed by atoms with E-state index in [1.807, 2.05) is 43.8 Å². The third-order valence-corrected chi connectivity index (χ3v) is 7.84. The maximum Gasteiger partial charge on any atom is 0.192 e. The van der Waals surface area contributed by atoms with Crippen LogP contribution in [0.25, 0.3) is 43.6 Å². The third-order valence-electron chi connectivity index (χ3n) is 7.84. The molecule has 0 atom stereocenters. The number of pyridine rings is 1. The Kier molecular flexibility index (Phi) is 6.14. The van der Waals surface area contributed by atoms with Crippen LogP contribution in [0.15, 0.2) is 110 Å². The van der Waals surface area contributed by atoms with Crippen LogP contribution in [0.3, 0.4) is 0 Å². The van der Waals surface area contributed by atoms with Gasteiger partial charge in [-0.15, -0.1) is 0 Å². The summed E-state index contributed by atoms with van der Waals surface area (Å²) in [7, 11) is 2.02. The highest BCUT2D eigenvalue weighted by atomic mass is 16.5. The second kappa shape index (κ2) is 10.1. The largest absolute Gasteiger partial charge is 0.459 e. The first-order valence-electron chi connectivity index (χ1n) is 13.9. The van der Waals surface area contributed by atoms with Crippen LogP contribution in [0.2, 0.25) is 0 Å². The average Bonchev–Trinajstić information content (AvgIpc) is 3.58. The minimum absolute atomic E-state index is 0.535. The molecule has 0 saturated heterocycles. The predicted octanol–water partition coefficient (Wildman–Crippen LogP) is 8.99. The maximum absolute atomic E-state index is 7.64. The predicted molar refractivity (Wildman–Crippen MR) is 171 cm³/mol. The van der Waals surface area contributed by atoms with Gasteiger partial charge in [-0.25, -0.2) is 9.83 Å². The number of aryl methyl sites for hydroxylation is 2. The first-order valence-corrected chi connectivity index (χ1v) is 13.9. The second-order valence-electron chi connectivity index (χ2n) is 10.8. The molecule has 204 valence electrons. The summed E-state index contributed by atoms with van der Waals surface area (Å²) in [5.41, 5.74) is 8.39. The number of aromatic nitrogens is 2. The number of ether oxygens (including phenoxy) is 1. The highest BCUT2D eigenvalue weighted by Crippen LogP contribution is 2.38. The lowest BCUT2D eigenvalue weighted by Crippen LogP contribution is -2.21. The van der Waals surface area contributed by atoms with Gasteiger partial charge >= 0.3 is 0 Å². The number of hydrogen-bond acceptors (Lipinski definition) is 4. The number of hydrogen-bond donors (Lipinski definition) is 0. The normalized spacial score (nSPS) is 12.8. The summed E-state index contributed by atoms with van der Waals surface area (Å²) in [6, 6.07) is 30.9.